The smallest absolute Gasteiger partial charge is 0.191 e. The molecular weight excluding hydrogens is 334 g/mol. The Bertz CT molecular complexity index is 727. The van der Waals surface area contributed by atoms with E-state index in [0.29, 0.717) is 5.96 Å². The van der Waals surface area contributed by atoms with Crippen molar-refractivity contribution in [1.29, 1.82) is 0 Å². The fourth-order valence-electron chi connectivity index (χ4n) is 2.54. The predicted octanol–water partition coefficient (Wildman–Crippen LogP) is 3.33. The summed E-state index contributed by atoms with van der Waals surface area (Å²) in [4.78, 5) is 6.18. The number of hydrogen-bond acceptors (Lipinski definition) is 2. The Morgan fingerprint density at radius 3 is 2.42 bits per heavy atom. The van der Waals surface area contributed by atoms with E-state index in [2.05, 4.69) is 44.8 Å². The van der Waals surface area contributed by atoms with Gasteiger partial charge in [-0.05, 0) is 48.7 Å². The summed E-state index contributed by atoms with van der Waals surface area (Å²) in [6, 6.07) is 11.9. The summed E-state index contributed by atoms with van der Waals surface area (Å²) in [6.45, 7) is 0.913. The van der Waals surface area contributed by atoms with Gasteiger partial charge in [0.2, 0.25) is 0 Å². The number of aryl methyl sites for hydroxylation is 1. The molecule has 140 valence electrons. The summed E-state index contributed by atoms with van der Waals surface area (Å²) < 4.78 is 26.8. The number of nitrogens with zero attached hydrogens (tertiary/aromatic N) is 2. The van der Waals surface area contributed by atoms with Gasteiger partial charge >= 0.3 is 0 Å². The van der Waals surface area contributed by atoms with Crippen molar-refractivity contribution >= 4 is 11.6 Å². The maximum Gasteiger partial charge on any atom is 0.191 e. The minimum absolute atomic E-state index is 0.176. The molecule has 2 rings (SSSR count). The van der Waals surface area contributed by atoms with Crippen LogP contribution in [0.3, 0.4) is 0 Å². The highest BCUT2D eigenvalue weighted by molar-refractivity contribution is 5.79. The zero-order valence-corrected chi connectivity index (χ0v) is 15.5. The van der Waals surface area contributed by atoms with Gasteiger partial charge in [-0.2, -0.15) is 0 Å². The molecule has 0 radical (unpaired) electrons. The van der Waals surface area contributed by atoms with Crippen LogP contribution in [-0.4, -0.2) is 33.6 Å². The number of benzene rings is 2. The van der Waals surface area contributed by atoms with Gasteiger partial charge in [-0.3, -0.25) is 4.99 Å². The van der Waals surface area contributed by atoms with Crippen molar-refractivity contribution in [2.24, 2.45) is 4.99 Å². The summed E-state index contributed by atoms with van der Waals surface area (Å²) in [5.74, 6) is -0.321. The molecule has 4 nitrogen and oxygen atoms in total. The lowest BCUT2D eigenvalue weighted by Crippen LogP contribution is -2.37. The third-order valence-corrected chi connectivity index (χ3v) is 4.07. The molecule has 0 aliphatic heterocycles. The first-order chi connectivity index (χ1) is 12.5. The van der Waals surface area contributed by atoms with Crippen LogP contribution in [0.15, 0.2) is 47.5 Å². The van der Waals surface area contributed by atoms with Crippen LogP contribution in [0, 0.1) is 11.6 Å². The minimum atomic E-state index is -0.452. The van der Waals surface area contributed by atoms with E-state index in [4.69, 9.17) is 0 Å². The number of nitrogens with one attached hydrogen (secondary N) is 2. The van der Waals surface area contributed by atoms with Crippen LogP contribution < -0.4 is 15.5 Å². The van der Waals surface area contributed by atoms with Gasteiger partial charge in [0, 0.05) is 45.5 Å². The van der Waals surface area contributed by atoms with Gasteiger partial charge in [-0.1, -0.05) is 12.1 Å². The average molecular weight is 360 g/mol. The molecule has 6 heteroatoms. The number of rotatable bonds is 7. The number of anilines is 1. The van der Waals surface area contributed by atoms with E-state index in [1.807, 2.05) is 14.1 Å². The molecule has 0 spiro atoms. The van der Waals surface area contributed by atoms with Crippen LogP contribution in [0.1, 0.15) is 17.5 Å². The molecule has 0 unspecified atom stereocenters. The topological polar surface area (TPSA) is 39.7 Å². The Morgan fingerprint density at radius 1 is 1.04 bits per heavy atom. The monoisotopic (exact) mass is 360 g/mol. The van der Waals surface area contributed by atoms with E-state index in [-0.39, 0.29) is 12.1 Å². The lowest BCUT2D eigenvalue weighted by molar-refractivity contribution is 0.581. The predicted molar refractivity (Wildman–Crippen MR) is 104 cm³/mol. The van der Waals surface area contributed by atoms with E-state index in [0.717, 1.165) is 31.5 Å². The van der Waals surface area contributed by atoms with Crippen LogP contribution in [0.4, 0.5) is 14.5 Å². The lowest BCUT2D eigenvalue weighted by Gasteiger charge is -2.13. The van der Waals surface area contributed by atoms with Gasteiger partial charge in [-0.25, -0.2) is 8.78 Å². The van der Waals surface area contributed by atoms with Gasteiger partial charge in [0.25, 0.3) is 0 Å². The molecule has 0 saturated carbocycles. The molecule has 0 saturated heterocycles. The van der Waals surface area contributed by atoms with E-state index in [1.165, 1.54) is 17.3 Å². The molecule has 2 aromatic rings. The van der Waals surface area contributed by atoms with Crippen molar-refractivity contribution in [3.63, 3.8) is 0 Å². The first kappa shape index (κ1) is 19.7. The van der Waals surface area contributed by atoms with Crippen molar-refractivity contribution in [2.45, 2.75) is 19.4 Å². The summed E-state index contributed by atoms with van der Waals surface area (Å²) >= 11 is 0. The average Bonchev–Trinajstić information content (AvgIpc) is 2.64. The SMILES string of the molecule is CN=C(NCCCc1ccc(N(C)C)cc1)NCc1cc(F)ccc1F. The van der Waals surface area contributed by atoms with E-state index >= 15 is 0 Å². The largest absolute Gasteiger partial charge is 0.378 e. The Hall–Kier alpha value is -2.63. The molecular formula is C20H26F2N4. The molecule has 0 aliphatic rings. The fraction of sp³-hybridized carbons (Fsp3) is 0.350. The first-order valence-corrected chi connectivity index (χ1v) is 8.64. The second-order valence-electron chi connectivity index (χ2n) is 6.25. The Morgan fingerprint density at radius 2 is 1.77 bits per heavy atom. The number of halogens is 2. The van der Waals surface area contributed by atoms with Gasteiger partial charge in [0.15, 0.2) is 5.96 Å². The standard InChI is InChI=1S/C20H26F2N4/c1-23-20(25-14-16-13-17(21)8-11-19(16)22)24-12-4-5-15-6-9-18(10-7-15)26(2)3/h6-11,13H,4-5,12,14H2,1-3H3,(H2,23,24,25). The molecule has 2 aromatic carbocycles. The highest BCUT2D eigenvalue weighted by atomic mass is 19.1. The normalized spacial score (nSPS) is 11.3. The Labute approximate surface area is 153 Å². The van der Waals surface area contributed by atoms with Crippen molar-refractivity contribution < 1.29 is 8.78 Å². The minimum Gasteiger partial charge on any atom is -0.378 e. The summed E-state index contributed by atoms with van der Waals surface area (Å²) in [5, 5.41) is 6.19. The van der Waals surface area contributed by atoms with Gasteiger partial charge < -0.3 is 15.5 Å². The highest BCUT2D eigenvalue weighted by Gasteiger charge is 2.05. The molecule has 0 fully saturated rings. The zero-order valence-electron chi connectivity index (χ0n) is 15.5. The molecule has 0 heterocycles. The zero-order chi connectivity index (χ0) is 18.9. The van der Waals surface area contributed by atoms with Crippen molar-refractivity contribution in [2.75, 3.05) is 32.6 Å². The third kappa shape index (κ3) is 6.02. The van der Waals surface area contributed by atoms with Gasteiger partial charge in [-0.15, -0.1) is 0 Å². The number of guanidine groups is 1. The maximum atomic E-state index is 13.6. The first-order valence-electron chi connectivity index (χ1n) is 8.64. The van der Waals surface area contributed by atoms with E-state index < -0.39 is 11.6 Å². The van der Waals surface area contributed by atoms with Crippen molar-refractivity contribution in [3.8, 4) is 0 Å². The maximum absolute atomic E-state index is 13.6. The Balaban J connectivity index is 1.74. The van der Waals surface area contributed by atoms with Crippen LogP contribution in [0.2, 0.25) is 0 Å². The van der Waals surface area contributed by atoms with Crippen LogP contribution in [-0.2, 0) is 13.0 Å². The second-order valence-corrected chi connectivity index (χ2v) is 6.25. The number of aliphatic imine (C=N–C) groups is 1. The summed E-state index contributed by atoms with van der Waals surface area (Å²) in [7, 11) is 5.69. The molecule has 0 atom stereocenters. The quantitative estimate of drug-likeness (QED) is 0.452. The van der Waals surface area contributed by atoms with E-state index in [1.54, 1.807) is 7.05 Å². The second kappa shape index (κ2) is 9.75. The fourth-order valence-corrected chi connectivity index (χ4v) is 2.54. The molecule has 0 aromatic heterocycles. The molecule has 0 bridgehead atoms. The lowest BCUT2D eigenvalue weighted by atomic mass is 10.1. The van der Waals surface area contributed by atoms with Crippen LogP contribution >= 0.6 is 0 Å². The van der Waals surface area contributed by atoms with Crippen LogP contribution in [0.5, 0.6) is 0 Å². The third-order valence-electron chi connectivity index (χ3n) is 4.07. The molecule has 2 N–H and O–H groups in total. The van der Waals surface area contributed by atoms with E-state index in [9.17, 15) is 8.78 Å². The number of hydrogen-bond donors (Lipinski definition) is 2. The molecule has 0 amide bonds. The van der Waals surface area contributed by atoms with Gasteiger partial charge in [0.05, 0.1) is 0 Å². The summed E-state index contributed by atoms with van der Waals surface area (Å²) in [5.41, 5.74) is 2.73. The Kier molecular flexibility index (Phi) is 7.38. The van der Waals surface area contributed by atoms with Crippen molar-refractivity contribution in [3.05, 3.63) is 65.2 Å². The van der Waals surface area contributed by atoms with Gasteiger partial charge in [0.1, 0.15) is 11.6 Å². The molecule has 26 heavy (non-hydrogen) atoms. The summed E-state index contributed by atoms with van der Waals surface area (Å²) in [6.07, 6.45) is 1.90. The molecule has 0 aliphatic carbocycles. The highest BCUT2D eigenvalue weighted by Crippen LogP contribution is 2.13. The van der Waals surface area contributed by atoms with Crippen LogP contribution in [0.25, 0.3) is 0 Å². The van der Waals surface area contributed by atoms with Crippen molar-refractivity contribution in [1.82, 2.24) is 10.6 Å².